The van der Waals surface area contributed by atoms with E-state index >= 15 is 0 Å². The minimum Gasteiger partial charge on any atom is -0.309 e. The highest BCUT2D eigenvalue weighted by atomic mass is 79.9. The lowest BCUT2D eigenvalue weighted by Gasteiger charge is -2.19. The lowest BCUT2D eigenvalue weighted by Crippen LogP contribution is -2.24. The summed E-state index contributed by atoms with van der Waals surface area (Å²) in [5.74, 6) is 3.00. The third-order valence-electron chi connectivity index (χ3n) is 4.37. The predicted molar refractivity (Wildman–Crippen MR) is 77.4 cm³/mol. The maximum atomic E-state index is 3.78. The molecule has 1 nitrogen and oxygen atoms in total. The molecule has 17 heavy (non-hydrogen) atoms. The van der Waals surface area contributed by atoms with Gasteiger partial charge in [0.15, 0.2) is 0 Å². The van der Waals surface area contributed by atoms with Crippen molar-refractivity contribution in [1.82, 2.24) is 5.32 Å². The van der Waals surface area contributed by atoms with Crippen LogP contribution in [0.2, 0.25) is 0 Å². The predicted octanol–water partition coefficient (Wildman–Crippen LogP) is 4.60. The molecule has 2 saturated carbocycles. The molecule has 0 radical (unpaired) electrons. The first-order chi connectivity index (χ1) is 8.31. The van der Waals surface area contributed by atoms with E-state index in [1.807, 2.05) is 11.3 Å². The summed E-state index contributed by atoms with van der Waals surface area (Å²) >= 11 is 5.50. The Morgan fingerprint density at radius 2 is 2.18 bits per heavy atom. The third kappa shape index (κ3) is 2.34. The van der Waals surface area contributed by atoms with Crippen molar-refractivity contribution < 1.29 is 0 Å². The zero-order valence-corrected chi connectivity index (χ0v) is 12.7. The van der Waals surface area contributed by atoms with Gasteiger partial charge in [0.2, 0.25) is 0 Å². The lowest BCUT2D eigenvalue weighted by molar-refractivity contribution is 0.423. The number of hydrogen-bond acceptors (Lipinski definition) is 2. The molecule has 0 aliphatic heterocycles. The number of nitrogens with one attached hydrogen (secondary N) is 1. The maximum absolute atomic E-state index is 3.78. The van der Waals surface area contributed by atoms with Gasteiger partial charge in [-0.3, -0.25) is 0 Å². The molecule has 2 fully saturated rings. The Morgan fingerprint density at radius 1 is 1.41 bits per heavy atom. The quantitative estimate of drug-likeness (QED) is 0.838. The molecule has 3 heteroatoms. The average Bonchev–Trinajstić information content (AvgIpc) is 2.73. The van der Waals surface area contributed by atoms with Crippen LogP contribution in [0.4, 0.5) is 0 Å². The van der Waals surface area contributed by atoms with Gasteiger partial charge in [0.1, 0.15) is 0 Å². The molecule has 0 aromatic carbocycles. The van der Waals surface area contributed by atoms with Crippen LogP contribution in [0.5, 0.6) is 0 Å². The van der Waals surface area contributed by atoms with Gasteiger partial charge in [-0.25, -0.2) is 0 Å². The number of fused-ring (bicyclic) bond motifs is 1. The molecule has 0 spiro atoms. The molecule has 0 bridgehead atoms. The summed E-state index contributed by atoms with van der Waals surface area (Å²) in [6, 6.07) is 5.12. The molecule has 1 aromatic rings. The Labute approximate surface area is 116 Å². The minimum absolute atomic E-state index is 0.626. The summed E-state index contributed by atoms with van der Waals surface area (Å²) in [6.07, 6.45) is 5.66. The molecular formula is C14H20BrNS. The van der Waals surface area contributed by atoms with Crippen LogP contribution in [-0.4, -0.2) is 6.54 Å². The van der Waals surface area contributed by atoms with Crippen molar-refractivity contribution in [1.29, 1.82) is 0 Å². The number of thiophene rings is 1. The largest absolute Gasteiger partial charge is 0.309 e. The molecule has 2 aliphatic rings. The summed E-state index contributed by atoms with van der Waals surface area (Å²) in [4.78, 5) is 1.53. The van der Waals surface area contributed by atoms with Crippen molar-refractivity contribution in [2.24, 2.45) is 17.8 Å². The van der Waals surface area contributed by atoms with Crippen molar-refractivity contribution in [3.8, 4) is 0 Å². The molecule has 0 amide bonds. The molecule has 1 heterocycles. The fourth-order valence-corrected chi connectivity index (χ4v) is 5.15. The van der Waals surface area contributed by atoms with Crippen molar-refractivity contribution in [2.45, 2.75) is 38.6 Å². The first-order valence-corrected chi connectivity index (χ1v) is 8.41. The number of halogens is 1. The SMILES string of the molecule is CCCNC(c1ccc(Br)s1)C1C2CCCC21. The lowest BCUT2D eigenvalue weighted by atomic mass is 10.0. The standard InChI is InChI=1S/C14H20BrNS/c1-2-8-16-14(11-6-7-12(15)17-11)13-9-4-3-5-10(9)13/h6-7,9-10,13-14,16H,2-5,8H2,1H3. The highest BCUT2D eigenvalue weighted by molar-refractivity contribution is 9.11. The Hall–Kier alpha value is 0.140. The van der Waals surface area contributed by atoms with Crippen LogP contribution in [0, 0.1) is 17.8 Å². The van der Waals surface area contributed by atoms with Crippen molar-refractivity contribution in [2.75, 3.05) is 6.54 Å². The van der Waals surface area contributed by atoms with Gasteiger partial charge in [-0.05, 0) is 71.6 Å². The van der Waals surface area contributed by atoms with Gasteiger partial charge in [0, 0.05) is 10.9 Å². The van der Waals surface area contributed by atoms with Crippen molar-refractivity contribution >= 4 is 27.3 Å². The highest BCUT2D eigenvalue weighted by Gasteiger charge is 2.56. The Kier molecular flexibility index (Phi) is 3.60. The molecule has 94 valence electrons. The fourth-order valence-electron chi connectivity index (χ4n) is 3.59. The van der Waals surface area contributed by atoms with Crippen LogP contribution in [0.3, 0.4) is 0 Å². The van der Waals surface area contributed by atoms with E-state index in [4.69, 9.17) is 0 Å². The van der Waals surface area contributed by atoms with E-state index in [0.717, 1.165) is 24.3 Å². The Morgan fingerprint density at radius 3 is 2.76 bits per heavy atom. The van der Waals surface area contributed by atoms with E-state index < -0.39 is 0 Å². The topological polar surface area (TPSA) is 12.0 Å². The maximum Gasteiger partial charge on any atom is 0.0701 e. The van der Waals surface area contributed by atoms with Gasteiger partial charge in [-0.15, -0.1) is 11.3 Å². The van der Waals surface area contributed by atoms with Gasteiger partial charge in [-0.1, -0.05) is 13.3 Å². The van der Waals surface area contributed by atoms with Gasteiger partial charge >= 0.3 is 0 Å². The number of hydrogen-bond donors (Lipinski definition) is 1. The van der Waals surface area contributed by atoms with Crippen LogP contribution in [0.25, 0.3) is 0 Å². The van der Waals surface area contributed by atoms with E-state index in [0.29, 0.717) is 6.04 Å². The second-order valence-electron chi connectivity index (χ2n) is 5.41. The molecule has 3 rings (SSSR count). The van der Waals surface area contributed by atoms with Crippen LogP contribution in [-0.2, 0) is 0 Å². The first kappa shape index (κ1) is 12.2. The van der Waals surface area contributed by atoms with Crippen LogP contribution in [0.1, 0.15) is 43.5 Å². The van der Waals surface area contributed by atoms with E-state index in [1.165, 1.54) is 34.3 Å². The van der Waals surface area contributed by atoms with E-state index in [2.05, 4.69) is 40.3 Å². The second kappa shape index (κ2) is 5.02. The van der Waals surface area contributed by atoms with Crippen LogP contribution in [0.15, 0.2) is 15.9 Å². The summed E-state index contributed by atoms with van der Waals surface area (Å²) < 4.78 is 1.27. The molecule has 3 atom stereocenters. The second-order valence-corrected chi connectivity index (χ2v) is 7.90. The molecule has 1 N–H and O–H groups in total. The van der Waals surface area contributed by atoms with Crippen molar-refractivity contribution in [3.05, 3.63) is 20.8 Å². The van der Waals surface area contributed by atoms with E-state index in [-0.39, 0.29) is 0 Å². The van der Waals surface area contributed by atoms with Gasteiger partial charge in [0.05, 0.1) is 3.79 Å². The van der Waals surface area contributed by atoms with Gasteiger partial charge in [0.25, 0.3) is 0 Å². The van der Waals surface area contributed by atoms with E-state index in [9.17, 15) is 0 Å². The molecule has 2 aliphatic carbocycles. The smallest absolute Gasteiger partial charge is 0.0701 e. The minimum atomic E-state index is 0.626. The van der Waals surface area contributed by atoms with Gasteiger partial charge < -0.3 is 5.32 Å². The Balaban J connectivity index is 1.73. The summed E-state index contributed by atoms with van der Waals surface area (Å²) in [7, 11) is 0. The monoisotopic (exact) mass is 313 g/mol. The first-order valence-electron chi connectivity index (χ1n) is 6.80. The molecule has 0 saturated heterocycles. The number of rotatable bonds is 5. The summed E-state index contributed by atoms with van der Waals surface area (Å²) in [5.41, 5.74) is 0. The Bertz CT molecular complexity index is 379. The zero-order valence-electron chi connectivity index (χ0n) is 10.3. The molecule has 3 unspecified atom stereocenters. The van der Waals surface area contributed by atoms with Crippen LogP contribution < -0.4 is 5.32 Å². The average molecular weight is 314 g/mol. The van der Waals surface area contributed by atoms with Gasteiger partial charge in [-0.2, -0.15) is 0 Å². The van der Waals surface area contributed by atoms with Crippen molar-refractivity contribution in [3.63, 3.8) is 0 Å². The molecular weight excluding hydrogens is 294 g/mol. The fraction of sp³-hybridized carbons (Fsp3) is 0.714. The summed E-state index contributed by atoms with van der Waals surface area (Å²) in [5, 5.41) is 3.78. The summed E-state index contributed by atoms with van der Waals surface area (Å²) in [6.45, 7) is 3.40. The highest BCUT2D eigenvalue weighted by Crippen LogP contribution is 2.62. The van der Waals surface area contributed by atoms with E-state index in [1.54, 1.807) is 0 Å². The normalized spacial score (nSPS) is 32.5. The van der Waals surface area contributed by atoms with Crippen LogP contribution >= 0.6 is 27.3 Å². The zero-order chi connectivity index (χ0) is 11.8. The third-order valence-corrected chi connectivity index (χ3v) is 6.08. The molecule has 1 aromatic heterocycles.